The van der Waals surface area contributed by atoms with Gasteiger partial charge in [0.25, 0.3) is 0 Å². The van der Waals surface area contributed by atoms with E-state index in [-0.39, 0.29) is 37.7 Å². The van der Waals surface area contributed by atoms with E-state index in [4.69, 9.17) is 34.2 Å². The summed E-state index contributed by atoms with van der Waals surface area (Å²) in [4.78, 5) is 45.2. The second-order valence-corrected chi connectivity index (χ2v) is 20.6. The SMILES string of the molecule is O=C(CCSCSCSCCCOOCCSCSCSCCOC(=O)CCSCSCSCCC(=O)OCCCO)OCCCO. The Kier molecular flexibility index (Phi) is 43.1. The number of hydrogen-bond donors (Lipinski definition) is 2. The summed E-state index contributed by atoms with van der Waals surface area (Å²) in [6.45, 7) is 2.27. The Morgan fingerprint density at radius 2 is 0.745 bits per heavy atom. The first-order valence-corrected chi connectivity index (χ1v) is 25.6. The number of aliphatic hydroxyl groups excluding tert-OH is 2. The lowest BCUT2D eigenvalue weighted by atomic mass is 10.5. The molecule has 0 aliphatic carbocycles. The average molecular weight is 837 g/mol. The molecule has 0 aromatic heterocycles. The molecule has 19 heteroatoms. The smallest absolute Gasteiger partial charge is 0.306 e. The van der Waals surface area contributed by atoms with Crippen LogP contribution in [-0.2, 0) is 38.4 Å². The molecular formula is C28H52O10S9. The van der Waals surface area contributed by atoms with Crippen molar-refractivity contribution in [1.29, 1.82) is 0 Å². The highest BCUT2D eigenvalue weighted by atomic mass is 32.2. The Labute approximate surface area is 319 Å². The molecule has 0 fully saturated rings. The fourth-order valence-corrected chi connectivity index (χ4v) is 12.6. The first kappa shape index (κ1) is 48.4. The zero-order valence-electron chi connectivity index (χ0n) is 27.0. The molecule has 0 amide bonds. The molecule has 0 saturated heterocycles. The van der Waals surface area contributed by atoms with Crippen molar-refractivity contribution in [2.24, 2.45) is 0 Å². The van der Waals surface area contributed by atoms with Crippen LogP contribution in [0.3, 0.4) is 0 Å². The maximum absolute atomic E-state index is 11.9. The van der Waals surface area contributed by atoms with E-state index in [1.54, 1.807) is 58.8 Å². The lowest BCUT2D eigenvalue weighted by molar-refractivity contribution is -0.289. The fourth-order valence-electron chi connectivity index (χ4n) is 2.64. The summed E-state index contributed by atoms with van der Waals surface area (Å²) in [5, 5.41) is 23.1. The third-order valence-electron chi connectivity index (χ3n) is 4.88. The minimum Gasteiger partial charge on any atom is -0.466 e. The van der Waals surface area contributed by atoms with E-state index in [9.17, 15) is 14.4 Å². The van der Waals surface area contributed by atoms with Crippen LogP contribution in [0, 0.1) is 0 Å². The van der Waals surface area contributed by atoms with Gasteiger partial charge in [-0.3, -0.25) is 14.4 Å². The molecule has 0 aliphatic heterocycles. The standard InChI is InChI=1S/C28H52O10S9/c29-7-1-9-34-26(31)4-15-40-21-45-20-39-14-3-11-37-38-13-19-44-25-47-24-43-18-12-36-28(33)6-17-42-23-46-22-41-16-5-27(32)35-10-2-8-30/h29-30H,1-25H2. The van der Waals surface area contributed by atoms with Crippen molar-refractivity contribution in [3.8, 4) is 0 Å². The molecule has 0 radical (unpaired) electrons. The quantitative estimate of drug-likeness (QED) is 0.0181. The Balaban J connectivity index is 3.20. The van der Waals surface area contributed by atoms with Gasteiger partial charge in [-0.1, -0.05) is 0 Å². The van der Waals surface area contributed by atoms with Crippen LogP contribution in [-0.4, -0.2) is 139 Å². The highest BCUT2D eigenvalue weighted by Crippen LogP contribution is 2.21. The number of rotatable bonds is 38. The molecule has 0 atom stereocenters. The van der Waals surface area contributed by atoms with Crippen LogP contribution in [0.4, 0.5) is 0 Å². The van der Waals surface area contributed by atoms with E-state index < -0.39 is 0 Å². The molecule has 0 unspecified atom stereocenters. The predicted molar refractivity (Wildman–Crippen MR) is 213 cm³/mol. The van der Waals surface area contributed by atoms with E-state index in [2.05, 4.69) is 0 Å². The van der Waals surface area contributed by atoms with Crippen molar-refractivity contribution in [2.75, 3.05) is 111 Å². The molecule has 47 heavy (non-hydrogen) atoms. The molecule has 2 N–H and O–H groups in total. The Morgan fingerprint density at radius 3 is 1.19 bits per heavy atom. The minimum absolute atomic E-state index is 0.0332. The first-order chi connectivity index (χ1) is 23.1. The van der Waals surface area contributed by atoms with Gasteiger partial charge in [-0.05, 0) is 12.2 Å². The molecule has 0 rings (SSSR count). The van der Waals surface area contributed by atoms with Gasteiger partial charge < -0.3 is 24.4 Å². The Bertz CT molecular complexity index is 718. The molecule has 10 nitrogen and oxygen atoms in total. The Hall–Kier alpha value is 1.40. The second-order valence-electron chi connectivity index (χ2n) is 8.83. The monoisotopic (exact) mass is 836 g/mol. The lowest BCUT2D eigenvalue weighted by Gasteiger charge is -2.06. The average Bonchev–Trinajstić information content (AvgIpc) is 3.06. The number of ether oxygens (including phenoxy) is 3. The van der Waals surface area contributed by atoms with Crippen LogP contribution in [0.1, 0.15) is 38.5 Å². The van der Waals surface area contributed by atoms with Crippen molar-refractivity contribution in [3.05, 3.63) is 0 Å². The molecule has 0 aromatic carbocycles. The number of esters is 3. The normalized spacial score (nSPS) is 11.1. The van der Waals surface area contributed by atoms with Crippen molar-refractivity contribution in [1.82, 2.24) is 0 Å². The molecule has 0 bridgehead atoms. The van der Waals surface area contributed by atoms with Crippen molar-refractivity contribution < 1.29 is 48.6 Å². The van der Waals surface area contributed by atoms with Crippen LogP contribution in [0.2, 0.25) is 0 Å². The molecule has 0 spiro atoms. The first-order valence-electron chi connectivity index (χ1n) is 15.2. The number of aliphatic hydroxyl groups is 2. The fraction of sp³-hybridized carbons (Fsp3) is 0.893. The zero-order valence-corrected chi connectivity index (χ0v) is 34.4. The highest BCUT2D eigenvalue weighted by molar-refractivity contribution is 8.23. The van der Waals surface area contributed by atoms with Crippen LogP contribution in [0.25, 0.3) is 0 Å². The second kappa shape index (κ2) is 41.8. The summed E-state index contributed by atoms with van der Waals surface area (Å²) >= 11 is 16.1. The summed E-state index contributed by atoms with van der Waals surface area (Å²) in [7, 11) is 0. The lowest BCUT2D eigenvalue weighted by Crippen LogP contribution is -2.08. The van der Waals surface area contributed by atoms with Crippen LogP contribution < -0.4 is 0 Å². The molecule has 0 saturated carbocycles. The van der Waals surface area contributed by atoms with Gasteiger partial charge in [0.05, 0.1) is 45.7 Å². The van der Waals surface area contributed by atoms with Gasteiger partial charge in [0.1, 0.15) is 6.61 Å². The van der Waals surface area contributed by atoms with Gasteiger partial charge in [0.15, 0.2) is 0 Å². The van der Waals surface area contributed by atoms with E-state index in [0.29, 0.717) is 58.5 Å². The van der Waals surface area contributed by atoms with E-state index in [1.807, 2.05) is 47.0 Å². The maximum Gasteiger partial charge on any atom is 0.306 e. The van der Waals surface area contributed by atoms with Gasteiger partial charge in [-0.25, -0.2) is 9.78 Å². The largest absolute Gasteiger partial charge is 0.466 e. The molecule has 278 valence electrons. The summed E-state index contributed by atoms with van der Waals surface area (Å²) in [5.74, 6) is 4.40. The molecule has 0 aromatic rings. The van der Waals surface area contributed by atoms with Crippen molar-refractivity contribution >= 4 is 124 Å². The van der Waals surface area contributed by atoms with Crippen molar-refractivity contribution in [3.63, 3.8) is 0 Å². The summed E-state index contributed by atoms with van der Waals surface area (Å²) in [6, 6.07) is 0. The highest BCUT2D eigenvalue weighted by Gasteiger charge is 2.05. The summed E-state index contributed by atoms with van der Waals surface area (Å²) < 4.78 is 15.3. The van der Waals surface area contributed by atoms with Crippen LogP contribution in [0.15, 0.2) is 0 Å². The molecular weight excluding hydrogens is 785 g/mol. The van der Waals surface area contributed by atoms with Gasteiger partial charge in [0, 0.05) is 85.3 Å². The molecule has 0 heterocycles. The number of carbonyl (C=O) groups is 3. The maximum atomic E-state index is 11.9. The van der Waals surface area contributed by atoms with E-state index >= 15 is 0 Å². The minimum atomic E-state index is -0.216. The third kappa shape index (κ3) is 41.7. The number of hydrogen-bond acceptors (Lipinski definition) is 19. The van der Waals surface area contributed by atoms with Crippen molar-refractivity contribution in [2.45, 2.75) is 38.5 Å². The van der Waals surface area contributed by atoms with Gasteiger partial charge in [-0.15, -0.1) is 58.8 Å². The van der Waals surface area contributed by atoms with Gasteiger partial charge >= 0.3 is 17.9 Å². The number of thioether (sulfide) groups is 9. The predicted octanol–water partition coefficient (Wildman–Crippen LogP) is 6.23. The summed E-state index contributed by atoms with van der Waals surface area (Å²) in [6.07, 6.45) is 3.16. The van der Waals surface area contributed by atoms with Gasteiger partial charge in [0.2, 0.25) is 0 Å². The number of carbonyl (C=O) groups excluding carboxylic acids is 3. The summed E-state index contributed by atoms with van der Waals surface area (Å²) in [5.41, 5.74) is 0. The van der Waals surface area contributed by atoms with Crippen LogP contribution >= 0.6 is 106 Å². The molecule has 0 aliphatic rings. The zero-order chi connectivity index (χ0) is 34.3. The third-order valence-corrected chi connectivity index (χ3v) is 15.9. The Morgan fingerprint density at radius 1 is 0.383 bits per heavy atom. The van der Waals surface area contributed by atoms with Crippen LogP contribution in [0.5, 0.6) is 0 Å². The topological polar surface area (TPSA) is 138 Å². The van der Waals surface area contributed by atoms with Gasteiger partial charge in [-0.2, -0.15) is 47.0 Å². The van der Waals surface area contributed by atoms with E-state index in [1.165, 1.54) is 0 Å². The van der Waals surface area contributed by atoms with E-state index in [0.717, 1.165) is 71.4 Å².